The average molecular weight is 550 g/mol. The number of halogens is 2. The van der Waals surface area contributed by atoms with Gasteiger partial charge in [-0.15, -0.1) is 11.3 Å². The number of rotatable bonds is 5. The van der Waals surface area contributed by atoms with E-state index in [1.165, 1.54) is 30.6 Å². The zero-order valence-electron chi connectivity index (χ0n) is 18.7. The van der Waals surface area contributed by atoms with E-state index < -0.39 is 5.91 Å². The summed E-state index contributed by atoms with van der Waals surface area (Å²) in [6.07, 6.45) is 0. The van der Waals surface area contributed by atoms with Gasteiger partial charge in [0.1, 0.15) is 0 Å². The lowest BCUT2D eigenvalue weighted by molar-refractivity contribution is 0.0751. The lowest BCUT2D eigenvalue weighted by Gasteiger charge is -2.36. The molecule has 0 saturated carbocycles. The molecular formula is C24H22Cl2N4O3S2. The zero-order chi connectivity index (χ0) is 24.9. The molecule has 2 N–H and O–H groups in total. The number of carbonyl (C=O) groups excluding carboxylic acids is 2. The van der Waals surface area contributed by atoms with Gasteiger partial charge < -0.3 is 19.9 Å². The van der Waals surface area contributed by atoms with Crippen molar-refractivity contribution in [2.24, 2.45) is 0 Å². The summed E-state index contributed by atoms with van der Waals surface area (Å²) < 4.78 is 5.10. The van der Waals surface area contributed by atoms with E-state index in [-0.39, 0.29) is 26.6 Å². The van der Waals surface area contributed by atoms with Gasteiger partial charge in [0, 0.05) is 43.1 Å². The third-order valence-corrected chi connectivity index (χ3v) is 7.10. The van der Waals surface area contributed by atoms with Crippen molar-refractivity contribution in [1.29, 1.82) is 0 Å². The SMILES string of the molecule is COc1c(Cl)cc(C(=O)NC(=S)Nc2ccc(N3CCN(C(=O)c4cccs4)CC3)cc2)cc1Cl. The summed E-state index contributed by atoms with van der Waals surface area (Å²) in [6, 6.07) is 14.4. The Bertz CT molecular complexity index is 1210. The molecule has 2 aromatic carbocycles. The van der Waals surface area contributed by atoms with Crippen LogP contribution in [0.15, 0.2) is 53.9 Å². The van der Waals surface area contributed by atoms with E-state index >= 15 is 0 Å². The highest BCUT2D eigenvalue weighted by Gasteiger charge is 2.23. The number of piperazine rings is 1. The maximum atomic E-state index is 12.5. The number of methoxy groups -OCH3 is 1. The summed E-state index contributed by atoms with van der Waals surface area (Å²) in [5.41, 5.74) is 2.05. The van der Waals surface area contributed by atoms with Crippen LogP contribution in [0.4, 0.5) is 11.4 Å². The van der Waals surface area contributed by atoms with Gasteiger partial charge >= 0.3 is 0 Å². The summed E-state index contributed by atoms with van der Waals surface area (Å²) in [7, 11) is 1.45. The van der Waals surface area contributed by atoms with E-state index in [1.54, 1.807) is 0 Å². The first-order valence-electron chi connectivity index (χ1n) is 10.7. The number of nitrogens with zero attached hydrogens (tertiary/aromatic N) is 2. The van der Waals surface area contributed by atoms with E-state index in [1.807, 2.05) is 46.7 Å². The monoisotopic (exact) mass is 548 g/mol. The van der Waals surface area contributed by atoms with Crippen LogP contribution in [0.2, 0.25) is 10.0 Å². The van der Waals surface area contributed by atoms with Crippen molar-refractivity contribution in [3.63, 3.8) is 0 Å². The minimum atomic E-state index is -0.444. The Morgan fingerprint density at radius 2 is 1.69 bits per heavy atom. The summed E-state index contributed by atoms with van der Waals surface area (Å²) >= 11 is 19.0. The van der Waals surface area contributed by atoms with Crippen molar-refractivity contribution in [2.45, 2.75) is 0 Å². The van der Waals surface area contributed by atoms with Gasteiger partial charge in [-0.2, -0.15) is 0 Å². The highest BCUT2D eigenvalue weighted by molar-refractivity contribution is 7.80. The number of hydrogen-bond acceptors (Lipinski definition) is 6. The summed E-state index contributed by atoms with van der Waals surface area (Å²) in [4.78, 5) is 30.0. The molecule has 35 heavy (non-hydrogen) atoms. The Morgan fingerprint density at radius 3 is 2.26 bits per heavy atom. The highest BCUT2D eigenvalue weighted by atomic mass is 35.5. The van der Waals surface area contributed by atoms with Crippen molar-refractivity contribution >= 4 is 75.1 Å². The van der Waals surface area contributed by atoms with E-state index in [2.05, 4.69) is 15.5 Å². The lowest BCUT2D eigenvalue weighted by Crippen LogP contribution is -2.48. The fraction of sp³-hybridized carbons (Fsp3) is 0.208. The number of amides is 2. The van der Waals surface area contributed by atoms with Gasteiger partial charge in [-0.25, -0.2) is 0 Å². The largest absolute Gasteiger partial charge is 0.494 e. The van der Waals surface area contributed by atoms with Crippen molar-refractivity contribution < 1.29 is 14.3 Å². The minimum absolute atomic E-state index is 0.0916. The van der Waals surface area contributed by atoms with Gasteiger partial charge in [0.05, 0.1) is 22.0 Å². The smallest absolute Gasteiger partial charge is 0.264 e. The van der Waals surface area contributed by atoms with E-state index in [0.29, 0.717) is 18.8 Å². The summed E-state index contributed by atoms with van der Waals surface area (Å²) in [5.74, 6) is -0.0457. The number of carbonyl (C=O) groups is 2. The van der Waals surface area contributed by atoms with Gasteiger partial charge in [0.25, 0.3) is 11.8 Å². The highest BCUT2D eigenvalue weighted by Crippen LogP contribution is 2.33. The van der Waals surface area contributed by atoms with Gasteiger partial charge in [-0.1, -0.05) is 29.3 Å². The molecule has 0 spiro atoms. The zero-order valence-corrected chi connectivity index (χ0v) is 21.9. The molecule has 1 aliphatic rings. The molecule has 11 heteroatoms. The second-order valence-corrected chi connectivity index (χ2v) is 9.86. The normalized spacial score (nSPS) is 13.3. The molecular weight excluding hydrogens is 527 g/mol. The van der Waals surface area contributed by atoms with Gasteiger partial charge in [-0.05, 0) is 60.1 Å². The number of nitrogens with one attached hydrogen (secondary N) is 2. The fourth-order valence-electron chi connectivity index (χ4n) is 3.70. The van der Waals surface area contributed by atoms with Gasteiger partial charge in [0.2, 0.25) is 0 Å². The molecule has 2 amide bonds. The van der Waals surface area contributed by atoms with Crippen molar-refractivity contribution in [1.82, 2.24) is 10.2 Å². The van der Waals surface area contributed by atoms with Crippen molar-refractivity contribution in [3.8, 4) is 5.75 Å². The van der Waals surface area contributed by atoms with Crippen LogP contribution in [-0.4, -0.2) is 55.1 Å². The molecule has 0 unspecified atom stereocenters. The Kier molecular flexibility index (Phi) is 8.12. The quantitative estimate of drug-likeness (QED) is 0.429. The molecule has 1 fully saturated rings. The van der Waals surface area contributed by atoms with Crippen LogP contribution in [0.1, 0.15) is 20.0 Å². The Hall–Kier alpha value is -2.85. The van der Waals surface area contributed by atoms with Crippen LogP contribution in [0.25, 0.3) is 0 Å². The number of anilines is 2. The molecule has 4 rings (SSSR count). The maximum absolute atomic E-state index is 12.5. The van der Waals surface area contributed by atoms with Crippen molar-refractivity contribution in [3.05, 3.63) is 74.4 Å². The van der Waals surface area contributed by atoms with Crippen LogP contribution in [0, 0.1) is 0 Å². The molecule has 182 valence electrons. The molecule has 1 aliphatic heterocycles. The minimum Gasteiger partial charge on any atom is -0.494 e. The van der Waals surface area contributed by atoms with Crippen LogP contribution < -0.4 is 20.3 Å². The molecule has 2 heterocycles. The van der Waals surface area contributed by atoms with Crippen molar-refractivity contribution in [2.75, 3.05) is 43.5 Å². The van der Waals surface area contributed by atoms with Crippen LogP contribution in [0.3, 0.4) is 0 Å². The Labute approximate surface area is 222 Å². The topological polar surface area (TPSA) is 73.9 Å². The third kappa shape index (κ3) is 6.05. The summed E-state index contributed by atoms with van der Waals surface area (Å²) in [5, 5.41) is 8.15. The second kappa shape index (κ2) is 11.3. The van der Waals surface area contributed by atoms with Crippen LogP contribution in [-0.2, 0) is 0 Å². The maximum Gasteiger partial charge on any atom is 0.264 e. The van der Waals surface area contributed by atoms with E-state index in [9.17, 15) is 9.59 Å². The molecule has 3 aromatic rings. The summed E-state index contributed by atoms with van der Waals surface area (Å²) in [6.45, 7) is 2.86. The van der Waals surface area contributed by atoms with E-state index in [4.69, 9.17) is 40.2 Å². The number of ether oxygens (including phenoxy) is 1. The molecule has 0 bridgehead atoms. The number of thiophene rings is 1. The fourth-order valence-corrected chi connectivity index (χ4v) is 5.25. The second-order valence-electron chi connectivity index (χ2n) is 7.68. The molecule has 1 aromatic heterocycles. The lowest BCUT2D eigenvalue weighted by atomic mass is 10.2. The molecule has 0 radical (unpaired) electrons. The molecule has 0 aliphatic carbocycles. The predicted molar refractivity (Wildman–Crippen MR) is 146 cm³/mol. The predicted octanol–water partition coefficient (Wildman–Crippen LogP) is 5.15. The first-order chi connectivity index (χ1) is 16.9. The van der Waals surface area contributed by atoms with Crippen LogP contribution >= 0.6 is 46.8 Å². The first kappa shape index (κ1) is 25.2. The van der Waals surface area contributed by atoms with Crippen LogP contribution in [0.5, 0.6) is 5.75 Å². The Balaban J connectivity index is 1.29. The third-order valence-electron chi connectivity index (χ3n) is 5.48. The number of thiocarbonyl (C=S) groups is 1. The first-order valence-corrected chi connectivity index (χ1v) is 12.7. The van der Waals surface area contributed by atoms with Gasteiger partial charge in [-0.3, -0.25) is 14.9 Å². The average Bonchev–Trinajstić information content (AvgIpc) is 3.39. The standard InChI is InChI=1S/C24H22Cl2N4O3S2/c1-33-21-18(25)13-15(14-19(21)26)22(31)28-24(34)27-16-4-6-17(7-5-16)29-8-10-30(11-9-29)23(32)20-3-2-12-35-20/h2-7,12-14H,8-11H2,1H3,(H2,27,28,31,34). The molecule has 7 nitrogen and oxygen atoms in total. The number of benzene rings is 2. The molecule has 0 atom stereocenters. The Morgan fingerprint density at radius 1 is 1.03 bits per heavy atom. The molecule has 1 saturated heterocycles. The van der Waals surface area contributed by atoms with Gasteiger partial charge in [0.15, 0.2) is 10.9 Å². The van der Waals surface area contributed by atoms with E-state index in [0.717, 1.165) is 29.3 Å². The number of hydrogen-bond donors (Lipinski definition) is 2.